The lowest BCUT2D eigenvalue weighted by molar-refractivity contribution is -0.0338. The van der Waals surface area contributed by atoms with E-state index in [9.17, 15) is 0 Å². The van der Waals surface area contributed by atoms with Gasteiger partial charge >= 0.3 is 0 Å². The minimum absolute atomic E-state index is 0.277. The fourth-order valence-corrected chi connectivity index (χ4v) is 3.02. The first-order chi connectivity index (χ1) is 10.6. The van der Waals surface area contributed by atoms with Crippen LogP contribution < -0.4 is 5.32 Å². The molecule has 0 aliphatic carbocycles. The third-order valence-electron chi connectivity index (χ3n) is 3.81. The van der Waals surface area contributed by atoms with E-state index >= 15 is 0 Å². The summed E-state index contributed by atoms with van der Waals surface area (Å²) < 4.78 is 5.79. The molecule has 0 amide bonds. The molecule has 2 unspecified atom stereocenters. The molecule has 0 spiro atoms. The molecule has 1 saturated heterocycles. The molecule has 2 aromatic rings. The highest BCUT2D eigenvalue weighted by Gasteiger charge is 2.24. The van der Waals surface area contributed by atoms with Crippen molar-refractivity contribution in [2.75, 3.05) is 5.32 Å². The van der Waals surface area contributed by atoms with E-state index in [0.29, 0.717) is 6.04 Å². The van der Waals surface area contributed by atoms with Crippen molar-refractivity contribution in [1.29, 1.82) is 0 Å². The molecule has 0 bridgehead atoms. The Kier molecular flexibility index (Phi) is 4.34. The number of hydrogen-bond donors (Lipinski definition) is 1. The van der Waals surface area contributed by atoms with Crippen LogP contribution in [-0.4, -0.2) is 33.2 Å². The summed E-state index contributed by atoms with van der Waals surface area (Å²) in [5.41, 5.74) is 1.72. The molecule has 3 rings (SSSR count). The van der Waals surface area contributed by atoms with Gasteiger partial charge in [0.1, 0.15) is 11.6 Å². The van der Waals surface area contributed by atoms with Crippen molar-refractivity contribution in [2.45, 2.75) is 51.9 Å². The monoisotopic (exact) mass is 298 g/mol. The summed E-state index contributed by atoms with van der Waals surface area (Å²) in [5, 5.41) is 3.53. The summed E-state index contributed by atoms with van der Waals surface area (Å²) in [6.45, 7) is 6.15. The Bertz CT molecular complexity index is 622. The number of nitrogens with one attached hydrogen (secondary N) is 1. The summed E-state index contributed by atoms with van der Waals surface area (Å²) in [5.74, 6) is 1.61. The average molecular weight is 298 g/mol. The minimum atomic E-state index is 0.277. The van der Waals surface area contributed by atoms with Gasteiger partial charge < -0.3 is 10.1 Å². The number of aromatic nitrogens is 3. The number of pyridine rings is 1. The maximum absolute atomic E-state index is 5.79. The molecule has 2 atom stereocenters. The van der Waals surface area contributed by atoms with Gasteiger partial charge in [0.15, 0.2) is 0 Å². The van der Waals surface area contributed by atoms with Crippen molar-refractivity contribution >= 4 is 5.82 Å². The third kappa shape index (κ3) is 3.60. The van der Waals surface area contributed by atoms with Crippen LogP contribution in [0.5, 0.6) is 0 Å². The Morgan fingerprint density at radius 1 is 1.09 bits per heavy atom. The molecule has 1 aliphatic heterocycles. The zero-order chi connectivity index (χ0) is 15.5. The summed E-state index contributed by atoms with van der Waals surface area (Å²) in [6.07, 6.45) is 4.32. The summed E-state index contributed by atoms with van der Waals surface area (Å²) >= 11 is 0. The van der Waals surface area contributed by atoms with Crippen molar-refractivity contribution in [2.24, 2.45) is 0 Å². The lowest BCUT2D eigenvalue weighted by Crippen LogP contribution is -2.37. The van der Waals surface area contributed by atoms with Crippen molar-refractivity contribution in [3.05, 3.63) is 36.3 Å². The second-order valence-electron chi connectivity index (χ2n) is 5.97. The van der Waals surface area contributed by atoms with Gasteiger partial charge in [0.2, 0.25) is 0 Å². The van der Waals surface area contributed by atoms with Crippen LogP contribution in [0.3, 0.4) is 0 Å². The zero-order valence-corrected chi connectivity index (χ0v) is 13.3. The Labute approximate surface area is 131 Å². The second-order valence-corrected chi connectivity index (χ2v) is 5.97. The average Bonchev–Trinajstić information content (AvgIpc) is 2.46. The molecule has 22 heavy (non-hydrogen) atoms. The molecule has 5 nitrogen and oxygen atoms in total. The van der Waals surface area contributed by atoms with Gasteiger partial charge in [-0.1, -0.05) is 6.07 Å². The number of anilines is 1. The first kappa shape index (κ1) is 14.9. The van der Waals surface area contributed by atoms with Gasteiger partial charge in [0.25, 0.3) is 0 Å². The number of hydrogen-bond acceptors (Lipinski definition) is 5. The molecule has 1 fully saturated rings. The standard InChI is InChI=1S/C17H22N4O/c1-11-8-14(9-12(2)22-11)21-17-10-16(19-13(3)20-17)15-6-4-5-7-18-15/h4-7,10-12,14H,8-9H2,1-3H3,(H,19,20,21). The Morgan fingerprint density at radius 2 is 1.86 bits per heavy atom. The molecule has 2 aromatic heterocycles. The topological polar surface area (TPSA) is 59.9 Å². The molecular formula is C17H22N4O. The molecule has 1 N–H and O–H groups in total. The van der Waals surface area contributed by atoms with Crippen LogP contribution in [0.1, 0.15) is 32.5 Å². The van der Waals surface area contributed by atoms with Crippen LogP contribution in [-0.2, 0) is 4.74 Å². The van der Waals surface area contributed by atoms with E-state index in [1.54, 1.807) is 6.20 Å². The van der Waals surface area contributed by atoms with E-state index < -0.39 is 0 Å². The fraction of sp³-hybridized carbons (Fsp3) is 0.471. The van der Waals surface area contributed by atoms with Crippen LogP contribution in [0.4, 0.5) is 5.82 Å². The SMILES string of the molecule is Cc1nc(NC2CC(C)OC(C)C2)cc(-c2ccccn2)n1. The quantitative estimate of drug-likeness (QED) is 0.943. The highest BCUT2D eigenvalue weighted by atomic mass is 16.5. The Hall–Kier alpha value is -2.01. The maximum atomic E-state index is 5.79. The largest absolute Gasteiger partial charge is 0.375 e. The number of aryl methyl sites for hydroxylation is 1. The van der Waals surface area contributed by atoms with Crippen LogP contribution in [0.25, 0.3) is 11.4 Å². The number of nitrogens with zero attached hydrogens (tertiary/aromatic N) is 3. The van der Waals surface area contributed by atoms with Crippen molar-refractivity contribution in [3.8, 4) is 11.4 Å². The van der Waals surface area contributed by atoms with Gasteiger partial charge in [0.05, 0.1) is 23.6 Å². The summed E-state index contributed by atoms with van der Waals surface area (Å²) in [4.78, 5) is 13.4. The zero-order valence-electron chi connectivity index (χ0n) is 13.3. The molecule has 0 radical (unpaired) electrons. The van der Waals surface area contributed by atoms with E-state index in [4.69, 9.17) is 4.74 Å². The molecule has 5 heteroatoms. The first-order valence-corrected chi connectivity index (χ1v) is 7.79. The third-order valence-corrected chi connectivity index (χ3v) is 3.81. The molecule has 0 aromatic carbocycles. The van der Waals surface area contributed by atoms with Crippen LogP contribution >= 0.6 is 0 Å². The summed E-state index contributed by atoms with van der Waals surface area (Å²) in [7, 11) is 0. The van der Waals surface area contributed by atoms with E-state index in [1.807, 2.05) is 31.2 Å². The fourth-order valence-electron chi connectivity index (χ4n) is 3.02. The minimum Gasteiger partial charge on any atom is -0.375 e. The van der Waals surface area contributed by atoms with Crippen molar-refractivity contribution in [3.63, 3.8) is 0 Å². The number of rotatable bonds is 3. The molecular weight excluding hydrogens is 276 g/mol. The normalized spacial score (nSPS) is 25.0. The van der Waals surface area contributed by atoms with Crippen molar-refractivity contribution < 1.29 is 4.74 Å². The first-order valence-electron chi connectivity index (χ1n) is 7.79. The molecule has 3 heterocycles. The predicted molar refractivity (Wildman–Crippen MR) is 86.7 cm³/mol. The lowest BCUT2D eigenvalue weighted by atomic mass is 10.00. The highest BCUT2D eigenvalue weighted by molar-refractivity contribution is 5.58. The van der Waals surface area contributed by atoms with E-state index in [-0.39, 0.29) is 12.2 Å². The highest BCUT2D eigenvalue weighted by Crippen LogP contribution is 2.23. The lowest BCUT2D eigenvalue weighted by Gasteiger charge is -2.32. The molecule has 116 valence electrons. The van der Waals surface area contributed by atoms with Crippen LogP contribution in [0, 0.1) is 6.92 Å². The van der Waals surface area contributed by atoms with Crippen LogP contribution in [0.2, 0.25) is 0 Å². The van der Waals surface area contributed by atoms with Gasteiger partial charge in [-0.3, -0.25) is 4.98 Å². The predicted octanol–water partition coefficient (Wildman–Crippen LogP) is 3.21. The smallest absolute Gasteiger partial charge is 0.130 e. The summed E-state index contributed by atoms with van der Waals surface area (Å²) in [6, 6.07) is 8.19. The van der Waals surface area contributed by atoms with Crippen molar-refractivity contribution in [1.82, 2.24) is 15.0 Å². The second kappa shape index (κ2) is 6.40. The van der Waals surface area contributed by atoms with E-state index in [1.165, 1.54) is 0 Å². The Balaban J connectivity index is 1.81. The maximum Gasteiger partial charge on any atom is 0.130 e. The van der Waals surface area contributed by atoms with E-state index in [2.05, 4.69) is 34.1 Å². The van der Waals surface area contributed by atoms with Crippen LogP contribution in [0.15, 0.2) is 30.5 Å². The van der Waals surface area contributed by atoms with Gasteiger partial charge in [-0.05, 0) is 45.7 Å². The van der Waals surface area contributed by atoms with Gasteiger partial charge in [0, 0.05) is 18.3 Å². The Morgan fingerprint density at radius 3 is 2.55 bits per heavy atom. The van der Waals surface area contributed by atoms with Gasteiger partial charge in [-0.25, -0.2) is 9.97 Å². The van der Waals surface area contributed by atoms with Gasteiger partial charge in [-0.15, -0.1) is 0 Å². The van der Waals surface area contributed by atoms with Gasteiger partial charge in [-0.2, -0.15) is 0 Å². The molecule has 0 saturated carbocycles. The molecule has 1 aliphatic rings. The number of ether oxygens (including phenoxy) is 1. The van der Waals surface area contributed by atoms with E-state index in [0.717, 1.165) is 35.9 Å².